The van der Waals surface area contributed by atoms with Crippen LogP contribution in [0.4, 0.5) is 5.82 Å². The van der Waals surface area contributed by atoms with Crippen LogP contribution in [0.25, 0.3) is 0 Å². The molecule has 1 aliphatic heterocycles. The van der Waals surface area contributed by atoms with Gasteiger partial charge in [-0.05, 0) is 23.8 Å². The molecule has 20 heavy (non-hydrogen) atoms. The van der Waals surface area contributed by atoms with Gasteiger partial charge in [0.1, 0.15) is 5.75 Å². The zero-order valence-corrected chi connectivity index (χ0v) is 11.2. The molecule has 0 spiro atoms. The number of nitrogens with one attached hydrogen (secondary N) is 1. The van der Waals surface area contributed by atoms with E-state index in [-0.39, 0.29) is 5.91 Å². The van der Waals surface area contributed by atoms with E-state index in [0.717, 1.165) is 23.3 Å². The second-order valence-corrected chi connectivity index (χ2v) is 4.76. The molecule has 0 saturated carbocycles. The minimum Gasteiger partial charge on any atom is -0.493 e. The molecule has 1 amide bonds. The second kappa shape index (κ2) is 4.97. The highest BCUT2D eigenvalue weighted by molar-refractivity contribution is 6.04. The smallest absolute Gasteiger partial charge is 0.256 e. The maximum atomic E-state index is 12.2. The number of fused-ring (bicyclic) bond motifs is 1. The SMILES string of the molecule is Cn1cc(CN)c(NC(=O)c2ccc3c(c2)CCO3)n1. The standard InChI is InChI=1S/C14H16N4O2/c1-18-8-11(7-15)13(17-18)16-14(19)10-2-3-12-9(6-10)4-5-20-12/h2-3,6,8H,4-5,7,15H2,1H3,(H,16,17,19). The van der Waals surface area contributed by atoms with Crippen LogP contribution in [0.3, 0.4) is 0 Å². The van der Waals surface area contributed by atoms with Crippen LogP contribution < -0.4 is 15.8 Å². The van der Waals surface area contributed by atoms with E-state index in [9.17, 15) is 4.79 Å². The molecule has 1 aliphatic rings. The van der Waals surface area contributed by atoms with E-state index in [1.807, 2.05) is 12.1 Å². The number of hydrogen-bond acceptors (Lipinski definition) is 4. The van der Waals surface area contributed by atoms with Gasteiger partial charge in [0, 0.05) is 37.3 Å². The number of amides is 1. The van der Waals surface area contributed by atoms with Gasteiger partial charge in [-0.3, -0.25) is 9.48 Å². The van der Waals surface area contributed by atoms with E-state index in [0.29, 0.717) is 24.5 Å². The van der Waals surface area contributed by atoms with Crippen LogP contribution in [0.2, 0.25) is 0 Å². The quantitative estimate of drug-likeness (QED) is 0.875. The zero-order chi connectivity index (χ0) is 14.1. The molecule has 0 unspecified atom stereocenters. The van der Waals surface area contributed by atoms with Crippen LogP contribution in [0.15, 0.2) is 24.4 Å². The average Bonchev–Trinajstić information content (AvgIpc) is 3.03. The molecule has 2 aromatic rings. The van der Waals surface area contributed by atoms with Crippen LogP contribution in [-0.4, -0.2) is 22.3 Å². The number of nitrogens with zero attached hydrogens (tertiary/aromatic N) is 2. The Balaban J connectivity index is 1.82. The minimum absolute atomic E-state index is 0.187. The fourth-order valence-electron chi connectivity index (χ4n) is 2.30. The molecule has 0 radical (unpaired) electrons. The number of ether oxygens (including phenoxy) is 1. The molecule has 3 rings (SSSR count). The summed E-state index contributed by atoms with van der Waals surface area (Å²) in [5.74, 6) is 1.19. The number of nitrogens with two attached hydrogens (primary N) is 1. The molecular formula is C14H16N4O2. The lowest BCUT2D eigenvalue weighted by atomic mass is 10.1. The summed E-state index contributed by atoms with van der Waals surface area (Å²) in [6, 6.07) is 5.45. The molecule has 0 bridgehead atoms. The zero-order valence-electron chi connectivity index (χ0n) is 11.2. The Labute approximate surface area is 116 Å². The van der Waals surface area contributed by atoms with Crippen molar-refractivity contribution in [2.24, 2.45) is 12.8 Å². The minimum atomic E-state index is -0.187. The first-order chi connectivity index (χ1) is 9.67. The van der Waals surface area contributed by atoms with E-state index < -0.39 is 0 Å². The van der Waals surface area contributed by atoms with Gasteiger partial charge in [0.15, 0.2) is 5.82 Å². The molecular weight excluding hydrogens is 256 g/mol. The lowest BCUT2D eigenvalue weighted by Gasteiger charge is -2.05. The van der Waals surface area contributed by atoms with Gasteiger partial charge in [0.25, 0.3) is 5.91 Å². The highest BCUT2D eigenvalue weighted by Gasteiger charge is 2.16. The summed E-state index contributed by atoms with van der Waals surface area (Å²) in [5.41, 5.74) is 8.11. The van der Waals surface area contributed by atoms with Crippen molar-refractivity contribution in [2.45, 2.75) is 13.0 Å². The third-order valence-electron chi connectivity index (χ3n) is 3.31. The van der Waals surface area contributed by atoms with Gasteiger partial charge in [0.05, 0.1) is 6.61 Å². The van der Waals surface area contributed by atoms with Gasteiger partial charge in [-0.25, -0.2) is 0 Å². The van der Waals surface area contributed by atoms with Crippen LogP contribution >= 0.6 is 0 Å². The fraction of sp³-hybridized carbons (Fsp3) is 0.286. The molecule has 0 saturated heterocycles. The number of hydrogen-bond donors (Lipinski definition) is 2. The van der Waals surface area contributed by atoms with Gasteiger partial charge in [-0.1, -0.05) is 0 Å². The maximum absolute atomic E-state index is 12.2. The second-order valence-electron chi connectivity index (χ2n) is 4.76. The van der Waals surface area contributed by atoms with Crippen molar-refractivity contribution in [1.29, 1.82) is 0 Å². The first-order valence-electron chi connectivity index (χ1n) is 6.47. The van der Waals surface area contributed by atoms with Crippen molar-refractivity contribution >= 4 is 11.7 Å². The Morgan fingerprint density at radius 1 is 1.55 bits per heavy atom. The summed E-state index contributed by atoms with van der Waals surface area (Å²) in [6.07, 6.45) is 2.64. The average molecular weight is 272 g/mol. The Morgan fingerprint density at radius 3 is 3.20 bits per heavy atom. The Hall–Kier alpha value is -2.34. The largest absolute Gasteiger partial charge is 0.493 e. The van der Waals surface area contributed by atoms with Gasteiger partial charge >= 0.3 is 0 Å². The van der Waals surface area contributed by atoms with E-state index >= 15 is 0 Å². The van der Waals surface area contributed by atoms with Crippen molar-refractivity contribution < 1.29 is 9.53 Å². The Morgan fingerprint density at radius 2 is 2.40 bits per heavy atom. The normalized spacial score (nSPS) is 12.9. The number of aromatic nitrogens is 2. The monoisotopic (exact) mass is 272 g/mol. The molecule has 6 heteroatoms. The van der Waals surface area contributed by atoms with Crippen LogP contribution in [-0.2, 0) is 20.0 Å². The summed E-state index contributed by atoms with van der Waals surface area (Å²) in [6.45, 7) is 1.01. The van der Waals surface area contributed by atoms with Crippen LogP contribution in [0.1, 0.15) is 21.5 Å². The first kappa shape index (κ1) is 12.7. The highest BCUT2D eigenvalue weighted by Crippen LogP contribution is 2.26. The third-order valence-corrected chi connectivity index (χ3v) is 3.31. The number of benzene rings is 1. The van der Waals surface area contributed by atoms with Crippen LogP contribution in [0.5, 0.6) is 5.75 Å². The van der Waals surface area contributed by atoms with E-state index in [4.69, 9.17) is 10.5 Å². The van der Waals surface area contributed by atoms with E-state index in [1.54, 1.807) is 24.0 Å². The summed E-state index contributed by atoms with van der Waals surface area (Å²) < 4.78 is 7.06. The van der Waals surface area contributed by atoms with Crippen molar-refractivity contribution in [2.75, 3.05) is 11.9 Å². The maximum Gasteiger partial charge on any atom is 0.256 e. The number of carbonyl (C=O) groups is 1. The topological polar surface area (TPSA) is 82.2 Å². The summed E-state index contributed by atoms with van der Waals surface area (Å²) in [5, 5.41) is 7.00. The molecule has 1 aromatic carbocycles. The van der Waals surface area contributed by atoms with Crippen molar-refractivity contribution in [1.82, 2.24) is 9.78 Å². The van der Waals surface area contributed by atoms with Crippen molar-refractivity contribution in [3.05, 3.63) is 41.1 Å². The number of aryl methyl sites for hydroxylation is 1. The Bertz CT molecular complexity index is 663. The highest BCUT2D eigenvalue weighted by atomic mass is 16.5. The van der Waals surface area contributed by atoms with Crippen molar-refractivity contribution in [3.8, 4) is 5.75 Å². The van der Waals surface area contributed by atoms with Crippen LogP contribution in [0, 0.1) is 0 Å². The van der Waals surface area contributed by atoms with E-state index in [1.165, 1.54) is 0 Å². The molecule has 0 aliphatic carbocycles. The lowest BCUT2D eigenvalue weighted by Crippen LogP contribution is -2.14. The lowest BCUT2D eigenvalue weighted by molar-refractivity contribution is 0.102. The van der Waals surface area contributed by atoms with Gasteiger partial charge in [-0.2, -0.15) is 5.10 Å². The molecule has 0 atom stereocenters. The van der Waals surface area contributed by atoms with Crippen molar-refractivity contribution in [3.63, 3.8) is 0 Å². The number of rotatable bonds is 3. The number of anilines is 1. The van der Waals surface area contributed by atoms with Gasteiger partial charge in [-0.15, -0.1) is 0 Å². The first-order valence-corrected chi connectivity index (χ1v) is 6.47. The van der Waals surface area contributed by atoms with Gasteiger partial charge in [0.2, 0.25) is 0 Å². The molecule has 1 aromatic heterocycles. The molecule has 104 valence electrons. The molecule has 3 N–H and O–H groups in total. The summed E-state index contributed by atoms with van der Waals surface area (Å²) in [4.78, 5) is 12.2. The fourth-order valence-corrected chi connectivity index (χ4v) is 2.30. The Kier molecular flexibility index (Phi) is 3.15. The molecule has 6 nitrogen and oxygen atoms in total. The molecule has 2 heterocycles. The molecule has 0 fully saturated rings. The summed E-state index contributed by atoms with van der Waals surface area (Å²) in [7, 11) is 1.79. The summed E-state index contributed by atoms with van der Waals surface area (Å²) >= 11 is 0. The van der Waals surface area contributed by atoms with E-state index in [2.05, 4.69) is 10.4 Å². The predicted octanol–water partition coefficient (Wildman–Crippen LogP) is 1.07. The third kappa shape index (κ3) is 2.25. The van der Waals surface area contributed by atoms with Gasteiger partial charge < -0.3 is 15.8 Å². The predicted molar refractivity (Wildman–Crippen MR) is 74.7 cm³/mol. The number of carbonyl (C=O) groups excluding carboxylic acids is 1.